The maximum absolute atomic E-state index is 14.8. The molecule has 0 radical (unpaired) electrons. The number of hydrogen-bond acceptors (Lipinski definition) is 6. The third-order valence-corrected chi connectivity index (χ3v) is 5.91. The maximum Gasteiger partial charge on any atom is 0.414 e. The summed E-state index contributed by atoms with van der Waals surface area (Å²) in [4.78, 5) is 25.9. The van der Waals surface area contributed by atoms with Gasteiger partial charge >= 0.3 is 6.09 Å². The second-order valence-electron chi connectivity index (χ2n) is 7.74. The number of carbonyl (C=O) groups excluding carboxylic acids is 2. The number of hydrogen-bond donors (Lipinski definition) is 2. The highest BCUT2D eigenvalue weighted by molar-refractivity contribution is 5.90. The molecule has 156 valence electrons. The van der Waals surface area contributed by atoms with Crippen LogP contribution in [0.5, 0.6) is 0 Å². The molecule has 2 saturated heterocycles. The van der Waals surface area contributed by atoms with Crippen LogP contribution in [0.1, 0.15) is 13.3 Å². The lowest BCUT2D eigenvalue weighted by atomic mass is 10.1. The van der Waals surface area contributed by atoms with E-state index in [9.17, 15) is 18.4 Å². The van der Waals surface area contributed by atoms with Gasteiger partial charge in [0.25, 0.3) is 0 Å². The van der Waals surface area contributed by atoms with Crippen molar-refractivity contribution >= 4 is 29.6 Å². The number of nitrogens with one attached hydrogen (secondary N) is 1. The second kappa shape index (κ2) is 7.49. The predicted molar refractivity (Wildman–Crippen MR) is 100 cm³/mol. The maximum atomic E-state index is 14.8. The molecule has 3 unspecified atom stereocenters. The van der Waals surface area contributed by atoms with Gasteiger partial charge in [-0.05, 0) is 24.2 Å². The van der Waals surface area contributed by atoms with Crippen LogP contribution in [0.4, 0.5) is 25.0 Å². The number of oxime groups is 1. The quantitative estimate of drug-likeness (QED) is 0.426. The van der Waals surface area contributed by atoms with Gasteiger partial charge in [-0.15, -0.1) is 5.16 Å². The molecule has 1 aromatic rings. The van der Waals surface area contributed by atoms with Crippen LogP contribution >= 0.6 is 0 Å². The van der Waals surface area contributed by atoms with Gasteiger partial charge in [-0.25, -0.2) is 13.6 Å². The number of ether oxygens (including phenoxy) is 1. The summed E-state index contributed by atoms with van der Waals surface area (Å²) in [6, 6.07) is 2.28. The van der Waals surface area contributed by atoms with Crippen LogP contribution in [0, 0.1) is 29.4 Å². The summed E-state index contributed by atoms with van der Waals surface area (Å²) in [5.74, 6) is -0.632. The van der Waals surface area contributed by atoms with E-state index in [0.29, 0.717) is 37.3 Å². The summed E-state index contributed by atoms with van der Waals surface area (Å²) in [5.41, 5.74) is -0.00153. The van der Waals surface area contributed by atoms with Crippen LogP contribution in [0.3, 0.4) is 0 Å². The number of fused-ring (bicyclic) bond motifs is 1. The summed E-state index contributed by atoms with van der Waals surface area (Å²) in [5, 5.41) is 14.1. The molecule has 2 amide bonds. The Balaban J connectivity index is 1.43. The molecule has 2 N–H and O–H groups in total. The van der Waals surface area contributed by atoms with E-state index >= 15 is 0 Å². The van der Waals surface area contributed by atoms with Gasteiger partial charge in [0, 0.05) is 38.4 Å². The lowest BCUT2D eigenvalue weighted by molar-refractivity contribution is -0.119. The number of carbonyl (C=O) groups is 2. The average Bonchev–Trinajstić information content (AvgIpc) is 2.99. The van der Waals surface area contributed by atoms with Gasteiger partial charge < -0.3 is 20.2 Å². The Morgan fingerprint density at radius 1 is 1.31 bits per heavy atom. The first-order valence-electron chi connectivity index (χ1n) is 9.51. The molecule has 8 nitrogen and oxygen atoms in total. The Morgan fingerprint density at radius 2 is 1.97 bits per heavy atom. The molecule has 1 aromatic carbocycles. The largest absolute Gasteiger partial charge is 0.442 e. The van der Waals surface area contributed by atoms with E-state index in [1.54, 1.807) is 4.90 Å². The van der Waals surface area contributed by atoms with E-state index in [2.05, 4.69) is 10.5 Å². The number of piperidine rings is 1. The standard InChI is InChI=1S/C19H22F2N4O4/c1-10(26)22-6-12-7-25(19(27)29-12)11-4-16(20)18(17(21)5-11)24-8-14-13(2-3-23-28)15(14)9-24/h3-5,12-15,28H,2,6-9H2,1H3,(H,22,26)/b23-3+. The van der Waals surface area contributed by atoms with Gasteiger partial charge in [-0.2, -0.15) is 0 Å². The summed E-state index contributed by atoms with van der Waals surface area (Å²) in [6.07, 6.45) is 0.836. The van der Waals surface area contributed by atoms with Crippen molar-refractivity contribution in [1.29, 1.82) is 0 Å². The van der Waals surface area contributed by atoms with Crippen molar-refractivity contribution in [2.45, 2.75) is 19.4 Å². The lowest BCUT2D eigenvalue weighted by Gasteiger charge is -2.24. The van der Waals surface area contributed by atoms with Crippen molar-refractivity contribution in [1.82, 2.24) is 5.32 Å². The number of halogens is 2. The number of benzene rings is 1. The van der Waals surface area contributed by atoms with Crippen molar-refractivity contribution in [2.24, 2.45) is 22.9 Å². The van der Waals surface area contributed by atoms with Gasteiger partial charge in [0.2, 0.25) is 5.91 Å². The molecule has 1 saturated carbocycles. The van der Waals surface area contributed by atoms with Gasteiger partial charge in [0.15, 0.2) is 11.6 Å². The van der Waals surface area contributed by atoms with Crippen LogP contribution in [0.2, 0.25) is 0 Å². The van der Waals surface area contributed by atoms with Crippen LogP contribution < -0.4 is 15.1 Å². The number of anilines is 2. The minimum absolute atomic E-state index is 0.0838. The Kier molecular flexibility index (Phi) is 5.01. The minimum atomic E-state index is -0.729. The summed E-state index contributed by atoms with van der Waals surface area (Å²) >= 11 is 0. The van der Waals surface area contributed by atoms with Crippen molar-refractivity contribution in [3.63, 3.8) is 0 Å². The molecule has 10 heteroatoms. The van der Waals surface area contributed by atoms with Gasteiger partial charge in [-0.1, -0.05) is 0 Å². The lowest BCUT2D eigenvalue weighted by Crippen LogP contribution is -2.33. The molecule has 29 heavy (non-hydrogen) atoms. The normalized spacial score (nSPS) is 28.0. The zero-order valence-corrected chi connectivity index (χ0v) is 15.8. The van der Waals surface area contributed by atoms with E-state index in [1.165, 1.54) is 13.1 Å². The van der Waals surface area contributed by atoms with Gasteiger partial charge in [0.05, 0.1) is 18.8 Å². The van der Waals surface area contributed by atoms with Crippen molar-refractivity contribution in [3.8, 4) is 0 Å². The van der Waals surface area contributed by atoms with E-state index in [4.69, 9.17) is 9.94 Å². The number of cyclic esters (lactones) is 1. The molecular formula is C19H22F2N4O4. The summed E-state index contributed by atoms with van der Waals surface area (Å²) in [6.45, 7) is 2.68. The first kappa shape index (κ1) is 19.4. The highest BCUT2D eigenvalue weighted by atomic mass is 19.1. The fourth-order valence-electron chi connectivity index (χ4n) is 4.46. The molecule has 3 fully saturated rings. The number of rotatable bonds is 6. The first-order chi connectivity index (χ1) is 13.9. The third-order valence-electron chi connectivity index (χ3n) is 5.91. The van der Waals surface area contributed by atoms with Crippen LogP contribution in [-0.4, -0.2) is 55.7 Å². The SMILES string of the molecule is CC(=O)NCC1CN(c2cc(F)c(N3CC4C(C/C=N/O)C4C3)c(F)c2)C(=O)O1. The second-order valence-corrected chi connectivity index (χ2v) is 7.74. The van der Waals surface area contributed by atoms with Crippen molar-refractivity contribution in [2.75, 3.05) is 36.0 Å². The smallest absolute Gasteiger partial charge is 0.414 e. The van der Waals surface area contributed by atoms with E-state index in [0.717, 1.165) is 17.0 Å². The number of nitrogens with zero attached hydrogens (tertiary/aromatic N) is 3. The molecular weight excluding hydrogens is 386 g/mol. The number of amides is 2. The van der Waals surface area contributed by atoms with Gasteiger partial charge in [-0.3, -0.25) is 9.69 Å². The van der Waals surface area contributed by atoms with E-state index in [1.807, 2.05) is 0 Å². The first-order valence-corrected chi connectivity index (χ1v) is 9.51. The zero-order valence-electron chi connectivity index (χ0n) is 15.8. The topological polar surface area (TPSA) is 94.5 Å². The van der Waals surface area contributed by atoms with E-state index < -0.39 is 23.8 Å². The molecule has 1 aliphatic carbocycles. The van der Waals surface area contributed by atoms with Crippen LogP contribution in [0.15, 0.2) is 17.3 Å². The minimum Gasteiger partial charge on any atom is -0.442 e. The Morgan fingerprint density at radius 3 is 2.55 bits per heavy atom. The summed E-state index contributed by atoms with van der Waals surface area (Å²) in [7, 11) is 0. The van der Waals surface area contributed by atoms with Crippen LogP contribution in [-0.2, 0) is 9.53 Å². The molecule has 2 heterocycles. The fraction of sp³-hybridized carbons (Fsp3) is 0.526. The molecule has 0 aromatic heterocycles. The molecule has 4 rings (SSSR count). The van der Waals surface area contributed by atoms with Gasteiger partial charge in [0.1, 0.15) is 11.8 Å². The zero-order chi connectivity index (χ0) is 20.7. The molecule has 3 atom stereocenters. The Hall–Kier alpha value is -2.91. The molecule has 0 spiro atoms. The Labute approximate surface area is 166 Å². The molecule has 3 aliphatic rings. The van der Waals surface area contributed by atoms with Crippen molar-refractivity contribution in [3.05, 3.63) is 23.8 Å². The average molecular weight is 408 g/mol. The fourth-order valence-corrected chi connectivity index (χ4v) is 4.46. The van der Waals surface area contributed by atoms with E-state index in [-0.39, 0.29) is 30.4 Å². The highest BCUT2D eigenvalue weighted by Crippen LogP contribution is 2.54. The summed E-state index contributed by atoms with van der Waals surface area (Å²) < 4.78 is 34.7. The molecule has 0 bridgehead atoms. The monoisotopic (exact) mass is 408 g/mol. The van der Waals surface area contributed by atoms with Crippen LogP contribution in [0.25, 0.3) is 0 Å². The molecule has 2 aliphatic heterocycles. The van der Waals surface area contributed by atoms with Crippen molar-refractivity contribution < 1.29 is 28.3 Å². The third kappa shape index (κ3) is 3.70. The predicted octanol–water partition coefficient (Wildman–Crippen LogP) is 1.96. The Bertz CT molecular complexity index is 830. The highest BCUT2D eigenvalue weighted by Gasteiger charge is 2.55.